The van der Waals surface area contributed by atoms with Gasteiger partial charge in [0, 0.05) is 11.7 Å². The van der Waals surface area contributed by atoms with Crippen LogP contribution in [-0.2, 0) is 4.74 Å². The van der Waals surface area contributed by atoms with Crippen LogP contribution < -0.4 is 11.1 Å². The number of carbonyl (C=O) groups is 1. The first-order valence-corrected chi connectivity index (χ1v) is 7.60. The molecule has 0 amide bonds. The first-order valence-electron chi connectivity index (χ1n) is 7.22. The molecule has 6 heteroatoms. The highest BCUT2D eigenvalue weighted by molar-refractivity contribution is 6.34. The van der Waals surface area contributed by atoms with E-state index in [4.69, 9.17) is 22.1 Å². The molecule has 1 heterocycles. The van der Waals surface area contributed by atoms with Crippen molar-refractivity contribution in [1.29, 1.82) is 0 Å². The van der Waals surface area contributed by atoms with Gasteiger partial charge in [-0.1, -0.05) is 11.6 Å². The number of nitrogen functional groups attached to an aromatic ring is 1. The molecule has 0 radical (unpaired) electrons. The first-order chi connectivity index (χ1) is 10.0. The number of halogens is 1. The van der Waals surface area contributed by atoms with Gasteiger partial charge in [-0.3, -0.25) is 0 Å². The van der Waals surface area contributed by atoms with Crippen LogP contribution in [0.4, 0.5) is 11.4 Å². The average Bonchev–Trinajstić information content (AvgIpc) is 2.44. The first kappa shape index (κ1) is 15.9. The van der Waals surface area contributed by atoms with Crippen LogP contribution in [0.1, 0.15) is 30.1 Å². The van der Waals surface area contributed by atoms with Gasteiger partial charge >= 0.3 is 5.97 Å². The van der Waals surface area contributed by atoms with Crippen molar-refractivity contribution in [3.8, 4) is 0 Å². The Morgan fingerprint density at radius 2 is 2.14 bits per heavy atom. The van der Waals surface area contributed by atoms with E-state index in [1.54, 1.807) is 19.1 Å². The predicted molar refractivity (Wildman–Crippen MR) is 86.0 cm³/mol. The summed E-state index contributed by atoms with van der Waals surface area (Å²) in [5, 5.41) is 3.85. The molecular weight excluding hydrogens is 290 g/mol. The molecule has 0 unspecified atom stereocenters. The van der Waals surface area contributed by atoms with Gasteiger partial charge in [-0.15, -0.1) is 0 Å². The van der Waals surface area contributed by atoms with Crippen LogP contribution in [0, 0.1) is 0 Å². The molecule has 0 saturated carbocycles. The molecule has 0 atom stereocenters. The third-order valence-corrected chi connectivity index (χ3v) is 3.97. The zero-order chi connectivity index (χ0) is 15.4. The maximum absolute atomic E-state index is 12.1. The molecule has 1 saturated heterocycles. The summed E-state index contributed by atoms with van der Waals surface area (Å²) < 4.78 is 5.08. The van der Waals surface area contributed by atoms with Gasteiger partial charge < -0.3 is 20.7 Å². The van der Waals surface area contributed by atoms with Crippen molar-refractivity contribution in [1.82, 2.24) is 4.90 Å². The largest absolute Gasteiger partial charge is 0.462 e. The van der Waals surface area contributed by atoms with Crippen LogP contribution in [-0.4, -0.2) is 43.7 Å². The minimum atomic E-state index is -0.401. The van der Waals surface area contributed by atoms with Gasteiger partial charge in [-0.05, 0) is 52.0 Å². The standard InChI is InChI=1S/C15H22ClN3O2/c1-3-21-15(20)12-8-10(17)9-13(16)14(12)18-11-4-6-19(2)7-5-11/h8-9,11,18H,3-7,17H2,1-2H3. The Morgan fingerprint density at radius 1 is 1.48 bits per heavy atom. The fourth-order valence-corrected chi connectivity index (χ4v) is 2.78. The number of nitrogens with one attached hydrogen (secondary N) is 1. The van der Waals surface area contributed by atoms with E-state index in [0.29, 0.717) is 34.6 Å². The topological polar surface area (TPSA) is 67.6 Å². The van der Waals surface area contributed by atoms with E-state index in [2.05, 4.69) is 17.3 Å². The summed E-state index contributed by atoms with van der Waals surface area (Å²) in [7, 11) is 2.11. The van der Waals surface area contributed by atoms with Crippen molar-refractivity contribution in [3.63, 3.8) is 0 Å². The van der Waals surface area contributed by atoms with Crippen LogP contribution >= 0.6 is 11.6 Å². The second-order valence-corrected chi connectivity index (χ2v) is 5.77. The minimum absolute atomic E-state index is 0.301. The molecule has 1 aliphatic heterocycles. The van der Waals surface area contributed by atoms with Crippen molar-refractivity contribution < 1.29 is 9.53 Å². The van der Waals surface area contributed by atoms with Gasteiger partial charge in [-0.25, -0.2) is 4.79 Å². The zero-order valence-corrected chi connectivity index (χ0v) is 13.2. The van der Waals surface area contributed by atoms with Crippen LogP contribution in [0.25, 0.3) is 0 Å². The van der Waals surface area contributed by atoms with Gasteiger partial charge in [0.25, 0.3) is 0 Å². The van der Waals surface area contributed by atoms with E-state index in [0.717, 1.165) is 25.9 Å². The zero-order valence-electron chi connectivity index (χ0n) is 12.5. The van der Waals surface area contributed by atoms with Crippen LogP contribution in [0.3, 0.4) is 0 Å². The molecule has 1 aromatic carbocycles. The Morgan fingerprint density at radius 3 is 2.76 bits per heavy atom. The number of esters is 1. The molecule has 1 aromatic rings. The van der Waals surface area contributed by atoms with Crippen LogP contribution in [0.5, 0.6) is 0 Å². The highest BCUT2D eigenvalue weighted by atomic mass is 35.5. The van der Waals surface area contributed by atoms with Crippen LogP contribution in [0.2, 0.25) is 5.02 Å². The summed E-state index contributed by atoms with van der Waals surface area (Å²) in [6, 6.07) is 3.57. The number of carbonyl (C=O) groups excluding carboxylic acids is 1. The predicted octanol–water partition coefficient (Wildman–Crippen LogP) is 2.61. The Labute approximate surface area is 130 Å². The highest BCUT2D eigenvalue weighted by Crippen LogP contribution is 2.31. The number of piperidine rings is 1. The van der Waals surface area contributed by atoms with Gasteiger partial charge in [0.15, 0.2) is 0 Å². The van der Waals surface area contributed by atoms with Crippen molar-refractivity contribution in [2.24, 2.45) is 0 Å². The van der Waals surface area contributed by atoms with Gasteiger partial charge in [0.05, 0.1) is 22.9 Å². The maximum atomic E-state index is 12.1. The molecule has 0 aliphatic carbocycles. The minimum Gasteiger partial charge on any atom is -0.462 e. The van der Waals surface area contributed by atoms with Crippen molar-refractivity contribution in [2.75, 3.05) is 37.8 Å². The van der Waals surface area contributed by atoms with E-state index in [1.165, 1.54) is 0 Å². The third-order valence-electron chi connectivity index (χ3n) is 3.67. The van der Waals surface area contributed by atoms with Crippen LogP contribution in [0.15, 0.2) is 12.1 Å². The number of hydrogen-bond donors (Lipinski definition) is 2. The van der Waals surface area contributed by atoms with E-state index >= 15 is 0 Å². The summed E-state index contributed by atoms with van der Waals surface area (Å²) in [5.41, 5.74) is 7.27. The second kappa shape index (κ2) is 7.00. The Kier molecular flexibility index (Phi) is 5.31. The molecule has 0 bridgehead atoms. The number of nitrogens with zero attached hydrogens (tertiary/aromatic N) is 1. The Balaban J connectivity index is 2.22. The summed E-state index contributed by atoms with van der Waals surface area (Å²) in [6.45, 7) is 4.15. The van der Waals surface area contributed by atoms with Crippen molar-refractivity contribution >= 4 is 28.9 Å². The van der Waals surface area contributed by atoms with Gasteiger partial charge in [0.2, 0.25) is 0 Å². The van der Waals surface area contributed by atoms with Crippen molar-refractivity contribution in [2.45, 2.75) is 25.8 Å². The molecule has 5 nitrogen and oxygen atoms in total. The number of likely N-dealkylation sites (tertiary alicyclic amines) is 1. The van der Waals surface area contributed by atoms with Gasteiger partial charge in [0.1, 0.15) is 0 Å². The number of nitrogens with two attached hydrogens (primary N) is 1. The quantitative estimate of drug-likeness (QED) is 0.661. The smallest absolute Gasteiger partial charge is 0.340 e. The fraction of sp³-hybridized carbons (Fsp3) is 0.533. The van der Waals surface area contributed by atoms with Crippen molar-refractivity contribution in [3.05, 3.63) is 22.7 Å². The number of anilines is 2. The highest BCUT2D eigenvalue weighted by Gasteiger charge is 2.22. The molecular formula is C15H22ClN3O2. The lowest BCUT2D eigenvalue weighted by molar-refractivity contribution is 0.0527. The number of ether oxygens (including phenoxy) is 1. The SMILES string of the molecule is CCOC(=O)c1cc(N)cc(Cl)c1NC1CCN(C)CC1. The van der Waals surface area contributed by atoms with E-state index in [9.17, 15) is 4.79 Å². The molecule has 21 heavy (non-hydrogen) atoms. The molecule has 1 fully saturated rings. The molecule has 1 aliphatic rings. The normalized spacial score (nSPS) is 16.7. The average molecular weight is 312 g/mol. The lowest BCUT2D eigenvalue weighted by Crippen LogP contribution is -2.37. The Hall–Kier alpha value is -1.46. The second-order valence-electron chi connectivity index (χ2n) is 5.37. The monoisotopic (exact) mass is 311 g/mol. The summed E-state index contributed by atoms with van der Waals surface area (Å²) in [4.78, 5) is 14.4. The van der Waals surface area contributed by atoms with E-state index in [-0.39, 0.29) is 0 Å². The molecule has 2 rings (SSSR count). The summed E-state index contributed by atoms with van der Waals surface area (Å²) >= 11 is 6.27. The summed E-state index contributed by atoms with van der Waals surface area (Å²) in [6.07, 6.45) is 2.03. The lowest BCUT2D eigenvalue weighted by atomic mass is 10.0. The maximum Gasteiger partial charge on any atom is 0.340 e. The summed E-state index contributed by atoms with van der Waals surface area (Å²) in [5.74, 6) is -0.401. The Bertz CT molecular complexity index is 514. The molecule has 116 valence electrons. The molecule has 3 N–H and O–H groups in total. The van der Waals surface area contributed by atoms with E-state index in [1.807, 2.05) is 0 Å². The van der Waals surface area contributed by atoms with Gasteiger partial charge in [-0.2, -0.15) is 0 Å². The number of rotatable bonds is 4. The molecule has 0 aromatic heterocycles. The number of benzene rings is 1. The number of hydrogen-bond acceptors (Lipinski definition) is 5. The van der Waals surface area contributed by atoms with E-state index < -0.39 is 5.97 Å². The fourth-order valence-electron chi connectivity index (χ4n) is 2.50. The lowest BCUT2D eigenvalue weighted by Gasteiger charge is -2.31. The third kappa shape index (κ3) is 4.02. The molecule has 0 spiro atoms.